The standard InChI is InChI=1S/C14H12ClF2N3O/c1-7-2-3-12(9(15)4-7)19-14(21)8-5-10(16)13(20-18)11(17)6-8/h2-6,20H,18H2,1H3,(H,19,21). The molecule has 21 heavy (non-hydrogen) atoms. The smallest absolute Gasteiger partial charge is 0.255 e. The molecule has 110 valence electrons. The number of carbonyl (C=O) groups excluding carboxylic acids is 1. The summed E-state index contributed by atoms with van der Waals surface area (Å²) in [6, 6.07) is 6.80. The van der Waals surface area contributed by atoms with Crippen LogP contribution in [-0.2, 0) is 0 Å². The minimum absolute atomic E-state index is 0.180. The van der Waals surface area contributed by atoms with Crippen LogP contribution < -0.4 is 16.6 Å². The van der Waals surface area contributed by atoms with Gasteiger partial charge in [-0.2, -0.15) is 0 Å². The van der Waals surface area contributed by atoms with E-state index in [1.807, 2.05) is 12.3 Å². The molecule has 7 heteroatoms. The summed E-state index contributed by atoms with van der Waals surface area (Å²) in [7, 11) is 0. The van der Waals surface area contributed by atoms with Gasteiger partial charge in [0.15, 0.2) is 11.6 Å². The predicted octanol–water partition coefficient (Wildman–Crippen LogP) is 3.46. The van der Waals surface area contributed by atoms with Crippen molar-refractivity contribution in [2.45, 2.75) is 6.92 Å². The maximum Gasteiger partial charge on any atom is 0.255 e. The van der Waals surface area contributed by atoms with Crippen molar-refractivity contribution in [3.05, 3.63) is 58.1 Å². The number of nitrogens with one attached hydrogen (secondary N) is 2. The summed E-state index contributed by atoms with van der Waals surface area (Å²) in [4.78, 5) is 12.0. The van der Waals surface area contributed by atoms with Gasteiger partial charge < -0.3 is 10.7 Å². The molecule has 0 unspecified atom stereocenters. The van der Waals surface area contributed by atoms with Crippen molar-refractivity contribution in [2.24, 2.45) is 5.84 Å². The van der Waals surface area contributed by atoms with Crippen LogP contribution >= 0.6 is 11.6 Å². The van der Waals surface area contributed by atoms with Crippen LogP contribution in [0.3, 0.4) is 0 Å². The maximum absolute atomic E-state index is 13.6. The zero-order chi connectivity index (χ0) is 15.6. The molecule has 0 fully saturated rings. The van der Waals surface area contributed by atoms with Gasteiger partial charge in [0.25, 0.3) is 5.91 Å². The van der Waals surface area contributed by atoms with Crippen LogP contribution in [-0.4, -0.2) is 5.91 Å². The first-order valence-electron chi connectivity index (χ1n) is 5.95. The monoisotopic (exact) mass is 311 g/mol. The van der Waals surface area contributed by atoms with E-state index in [-0.39, 0.29) is 5.56 Å². The summed E-state index contributed by atoms with van der Waals surface area (Å²) in [5.74, 6) is 2.39. The van der Waals surface area contributed by atoms with Gasteiger partial charge in [-0.1, -0.05) is 17.7 Å². The zero-order valence-electron chi connectivity index (χ0n) is 11.0. The van der Waals surface area contributed by atoms with Gasteiger partial charge in [-0.3, -0.25) is 10.6 Å². The normalized spacial score (nSPS) is 10.3. The van der Waals surface area contributed by atoms with Gasteiger partial charge in [0.1, 0.15) is 5.69 Å². The maximum atomic E-state index is 13.6. The van der Waals surface area contributed by atoms with Crippen molar-refractivity contribution in [3.63, 3.8) is 0 Å². The molecule has 0 radical (unpaired) electrons. The molecule has 0 atom stereocenters. The van der Waals surface area contributed by atoms with E-state index in [4.69, 9.17) is 17.4 Å². The molecule has 0 saturated heterocycles. The van der Waals surface area contributed by atoms with Gasteiger partial charge in [0, 0.05) is 5.56 Å². The number of hydrogen-bond donors (Lipinski definition) is 3. The number of nitrogen functional groups attached to an aromatic ring is 1. The molecule has 0 aromatic heterocycles. The minimum Gasteiger partial charge on any atom is -0.321 e. The van der Waals surface area contributed by atoms with E-state index >= 15 is 0 Å². The van der Waals surface area contributed by atoms with Crippen LogP contribution in [0.2, 0.25) is 5.02 Å². The topological polar surface area (TPSA) is 67.2 Å². The second-order valence-corrected chi connectivity index (χ2v) is 4.80. The fourth-order valence-electron chi connectivity index (χ4n) is 1.76. The first kappa shape index (κ1) is 15.2. The van der Waals surface area contributed by atoms with Gasteiger partial charge in [0.2, 0.25) is 0 Å². The average molecular weight is 312 g/mol. The third-order valence-corrected chi connectivity index (χ3v) is 3.13. The number of hydrazine groups is 1. The molecule has 0 saturated carbocycles. The van der Waals surface area contributed by atoms with E-state index in [1.54, 1.807) is 18.2 Å². The van der Waals surface area contributed by atoms with Gasteiger partial charge in [0.05, 0.1) is 10.7 Å². The van der Waals surface area contributed by atoms with Crippen molar-refractivity contribution >= 4 is 28.9 Å². The molecule has 0 aliphatic heterocycles. The van der Waals surface area contributed by atoms with Crippen molar-refractivity contribution in [3.8, 4) is 0 Å². The highest BCUT2D eigenvalue weighted by molar-refractivity contribution is 6.34. The predicted molar refractivity (Wildman–Crippen MR) is 78.3 cm³/mol. The first-order valence-corrected chi connectivity index (χ1v) is 6.33. The summed E-state index contributed by atoms with van der Waals surface area (Å²) in [5, 5.41) is 2.83. The summed E-state index contributed by atoms with van der Waals surface area (Å²) in [5.41, 5.74) is 2.49. The van der Waals surface area contributed by atoms with E-state index in [0.29, 0.717) is 10.7 Å². The number of benzene rings is 2. The Hall–Kier alpha value is -2.18. The van der Waals surface area contributed by atoms with Crippen molar-refractivity contribution in [1.82, 2.24) is 0 Å². The quantitative estimate of drug-likeness (QED) is 0.600. The molecule has 0 aliphatic rings. The number of carbonyl (C=O) groups is 1. The molecule has 1 amide bonds. The van der Waals surface area contributed by atoms with Crippen molar-refractivity contribution < 1.29 is 13.6 Å². The average Bonchev–Trinajstić information content (AvgIpc) is 2.41. The van der Waals surface area contributed by atoms with Crippen molar-refractivity contribution in [1.29, 1.82) is 0 Å². The van der Waals surface area contributed by atoms with Crippen LogP contribution in [0.4, 0.5) is 20.2 Å². The van der Waals surface area contributed by atoms with Gasteiger partial charge in [-0.25, -0.2) is 8.78 Å². The number of hydrogen-bond acceptors (Lipinski definition) is 3. The Kier molecular flexibility index (Phi) is 4.40. The summed E-state index contributed by atoms with van der Waals surface area (Å²) < 4.78 is 27.1. The molecule has 0 bridgehead atoms. The van der Waals surface area contributed by atoms with Crippen LogP contribution in [0, 0.1) is 18.6 Å². The number of halogens is 3. The molecule has 0 aliphatic carbocycles. The number of aryl methyl sites for hydroxylation is 1. The van der Waals surface area contributed by atoms with Crippen LogP contribution in [0.1, 0.15) is 15.9 Å². The van der Waals surface area contributed by atoms with E-state index < -0.39 is 23.2 Å². The van der Waals surface area contributed by atoms with Gasteiger partial charge in [-0.15, -0.1) is 0 Å². The lowest BCUT2D eigenvalue weighted by Gasteiger charge is -2.10. The lowest BCUT2D eigenvalue weighted by molar-refractivity contribution is 0.102. The lowest BCUT2D eigenvalue weighted by atomic mass is 10.1. The number of anilines is 2. The molecular weight excluding hydrogens is 300 g/mol. The fourth-order valence-corrected chi connectivity index (χ4v) is 2.04. The summed E-state index contributed by atoms with van der Waals surface area (Å²) >= 11 is 5.98. The van der Waals surface area contributed by atoms with Gasteiger partial charge >= 0.3 is 0 Å². The Bertz CT molecular complexity index is 684. The Morgan fingerprint density at radius 3 is 2.33 bits per heavy atom. The Morgan fingerprint density at radius 2 is 1.81 bits per heavy atom. The third-order valence-electron chi connectivity index (χ3n) is 2.82. The highest BCUT2D eigenvalue weighted by atomic mass is 35.5. The molecule has 2 aromatic rings. The minimum atomic E-state index is -0.961. The number of nitrogens with two attached hydrogens (primary N) is 1. The summed E-state index contributed by atoms with van der Waals surface area (Å²) in [6.07, 6.45) is 0. The van der Waals surface area contributed by atoms with E-state index in [0.717, 1.165) is 17.7 Å². The molecule has 4 nitrogen and oxygen atoms in total. The highest BCUT2D eigenvalue weighted by Crippen LogP contribution is 2.24. The SMILES string of the molecule is Cc1ccc(NC(=O)c2cc(F)c(NN)c(F)c2)c(Cl)c1. The fraction of sp³-hybridized carbons (Fsp3) is 0.0714. The van der Waals surface area contributed by atoms with E-state index in [1.165, 1.54) is 0 Å². The van der Waals surface area contributed by atoms with E-state index in [9.17, 15) is 13.6 Å². The molecule has 4 N–H and O–H groups in total. The number of rotatable bonds is 3. The second kappa shape index (κ2) is 6.07. The van der Waals surface area contributed by atoms with Crippen LogP contribution in [0.5, 0.6) is 0 Å². The molecule has 2 rings (SSSR count). The lowest BCUT2D eigenvalue weighted by Crippen LogP contribution is -2.15. The Morgan fingerprint density at radius 1 is 1.19 bits per heavy atom. The van der Waals surface area contributed by atoms with Gasteiger partial charge in [-0.05, 0) is 36.8 Å². The summed E-state index contributed by atoms with van der Waals surface area (Å²) in [6.45, 7) is 1.85. The second-order valence-electron chi connectivity index (χ2n) is 4.40. The highest BCUT2D eigenvalue weighted by Gasteiger charge is 2.15. The number of amides is 1. The largest absolute Gasteiger partial charge is 0.321 e. The van der Waals surface area contributed by atoms with Crippen LogP contribution in [0.25, 0.3) is 0 Å². The molecule has 0 heterocycles. The van der Waals surface area contributed by atoms with E-state index in [2.05, 4.69) is 5.32 Å². The van der Waals surface area contributed by atoms with Crippen LogP contribution in [0.15, 0.2) is 30.3 Å². The molecular formula is C14H12ClF2N3O. The first-order chi connectivity index (χ1) is 9.92. The van der Waals surface area contributed by atoms with Crippen molar-refractivity contribution in [2.75, 3.05) is 10.7 Å². The molecule has 0 spiro atoms. The Labute approximate surface area is 124 Å². The third kappa shape index (κ3) is 3.29. The molecule has 2 aromatic carbocycles. The Balaban J connectivity index is 2.28. The zero-order valence-corrected chi connectivity index (χ0v) is 11.8.